The average molecular weight is 235 g/mol. The molecule has 0 fully saturated rings. The van der Waals surface area contributed by atoms with Crippen LogP contribution in [-0.4, -0.2) is 14.9 Å². The van der Waals surface area contributed by atoms with Gasteiger partial charge in [-0.2, -0.15) is 0 Å². The molecule has 3 heteroatoms. The van der Waals surface area contributed by atoms with E-state index in [0.717, 1.165) is 12.3 Å². The van der Waals surface area contributed by atoms with E-state index < -0.39 is 8.32 Å². The SMILES string of the molecule is C[Si](C)(C)Oc1ccc2c(c1)CCCCN2. The molecule has 16 heavy (non-hydrogen) atoms. The molecule has 2 rings (SSSR count). The van der Waals surface area contributed by atoms with Crippen molar-refractivity contribution < 1.29 is 4.43 Å². The number of anilines is 1. The zero-order chi connectivity index (χ0) is 11.6. The molecular weight excluding hydrogens is 214 g/mol. The first kappa shape index (κ1) is 11.5. The Hall–Kier alpha value is -0.963. The Labute approximate surface area is 99.1 Å². The quantitative estimate of drug-likeness (QED) is 0.790. The second-order valence-corrected chi connectivity index (χ2v) is 9.85. The average Bonchev–Trinajstić information content (AvgIpc) is 2.39. The van der Waals surface area contributed by atoms with Crippen LogP contribution in [0.5, 0.6) is 5.75 Å². The smallest absolute Gasteiger partial charge is 0.242 e. The fraction of sp³-hybridized carbons (Fsp3) is 0.538. The predicted octanol–water partition coefficient (Wildman–Crippen LogP) is 3.65. The van der Waals surface area contributed by atoms with E-state index in [1.165, 1.54) is 30.5 Å². The summed E-state index contributed by atoms with van der Waals surface area (Å²) in [6, 6.07) is 6.47. The molecule has 88 valence electrons. The normalized spacial score (nSPS) is 15.9. The van der Waals surface area contributed by atoms with Gasteiger partial charge in [-0.3, -0.25) is 0 Å². The first-order valence-corrected chi connectivity index (χ1v) is 9.51. The van der Waals surface area contributed by atoms with Gasteiger partial charge in [-0.15, -0.1) is 0 Å². The lowest BCUT2D eigenvalue weighted by atomic mass is 10.1. The number of hydrogen-bond donors (Lipinski definition) is 1. The van der Waals surface area contributed by atoms with Crippen LogP contribution in [0.1, 0.15) is 18.4 Å². The first-order chi connectivity index (χ1) is 7.54. The predicted molar refractivity (Wildman–Crippen MR) is 71.8 cm³/mol. The number of hydrogen-bond acceptors (Lipinski definition) is 2. The van der Waals surface area contributed by atoms with E-state index >= 15 is 0 Å². The van der Waals surface area contributed by atoms with Gasteiger partial charge in [0.05, 0.1) is 0 Å². The van der Waals surface area contributed by atoms with Gasteiger partial charge in [0.25, 0.3) is 0 Å². The highest BCUT2D eigenvalue weighted by molar-refractivity contribution is 6.70. The summed E-state index contributed by atoms with van der Waals surface area (Å²) in [7, 11) is -1.48. The molecule has 1 aromatic rings. The van der Waals surface area contributed by atoms with Crippen molar-refractivity contribution in [2.24, 2.45) is 0 Å². The second-order valence-electron chi connectivity index (χ2n) is 5.42. The monoisotopic (exact) mass is 235 g/mol. The molecule has 1 aliphatic heterocycles. The zero-order valence-corrected chi connectivity index (χ0v) is 11.5. The molecule has 1 aliphatic rings. The van der Waals surface area contributed by atoms with E-state index in [1.54, 1.807) is 0 Å². The van der Waals surface area contributed by atoms with E-state index in [1.807, 2.05) is 0 Å². The van der Waals surface area contributed by atoms with Gasteiger partial charge in [0.15, 0.2) is 0 Å². The summed E-state index contributed by atoms with van der Waals surface area (Å²) >= 11 is 0. The summed E-state index contributed by atoms with van der Waals surface area (Å²) in [4.78, 5) is 0. The Kier molecular flexibility index (Phi) is 3.24. The lowest BCUT2D eigenvalue weighted by molar-refractivity contribution is 0.556. The van der Waals surface area contributed by atoms with Gasteiger partial charge in [0, 0.05) is 12.2 Å². The van der Waals surface area contributed by atoms with Crippen molar-refractivity contribution in [2.75, 3.05) is 11.9 Å². The Morgan fingerprint density at radius 3 is 2.75 bits per heavy atom. The molecule has 0 saturated heterocycles. The van der Waals surface area contributed by atoms with Crippen LogP contribution < -0.4 is 9.74 Å². The Morgan fingerprint density at radius 1 is 1.19 bits per heavy atom. The van der Waals surface area contributed by atoms with Crippen molar-refractivity contribution in [3.8, 4) is 5.75 Å². The van der Waals surface area contributed by atoms with Gasteiger partial charge in [0.2, 0.25) is 8.32 Å². The molecule has 0 unspecified atom stereocenters. The molecule has 0 bridgehead atoms. The van der Waals surface area contributed by atoms with Crippen LogP contribution >= 0.6 is 0 Å². The fourth-order valence-corrected chi connectivity index (χ4v) is 2.86. The fourth-order valence-electron chi connectivity index (χ4n) is 2.03. The van der Waals surface area contributed by atoms with Gasteiger partial charge < -0.3 is 9.74 Å². The minimum Gasteiger partial charge on any atom is -0.544 e. The largest absolute Gasteiger partial charge is 0.544 e. The van der Waals surface area contributed by atoms with Crippen LogP contribution in [0, 0.1) is 0 Å². The molecule has 0 spiro atoms. The maximum atomic E-state index is 6.02. The third kappa shape index (κ3) is 3.01. The second kappa shape index (κ2) is 4.50. The van der Waals surface area contributed by atoms with Gasteiger partial charge in [-0.05, 0) is 62.7 Å². The van der Waals surface area contributed by atoms with E-state index in [4.69, 9.17) is 4.43 Å². The Bertz CT molecular complexity index is 371. The van der Waals surface area contributed by atoms with E-state index in [0.29, 0.717) is 0 Å². The highest BCUT2D eigenvalue weighted by Gasteiger charge is 2.17. The van der Waals surface area contributed by atoms with Crippen LogP contribution in [0.25, 0.3) is 0 Å². The van der Waals surface area contributed by atoms with Gasteiger partial charge >= 0.3 is 0 Å². The van der Waals surface area contributed by atoms with Crippen molar-refractivity contribution in [1.82, 2.24) is 0 Å². The summed E-state index contributed by atoms with van der Waals surface area (Å²) in [5, 5.41) is 3.47. The van der Waals surface area contributed by atoms with Crippen LogP contribution in [0.2, 0.25) is 19.6 Å². The number of aryl methyl sites for hydroxylation is 1. The number of fused-ring (bicyclic) bond motifs is 1. The molecule has 0 atom stereocenters. The van der Waals surface area contributed by atoms with E-state index in [-0.39, 0.29) is 0 Å². The summed E-state index contributed by atoms with van der Waals surface area (Å²) in [6.45, 7) is 7.76. The zero-order valence-electron chi connectivity index (χ0n) is 10.5. The number of nitrogens with one attached hydrogen (secondary N) is 1. The third-order valence-corrected chi connectivity index (χ3v) is 3.54. The molecule has 2 nitrogen and oxygen atoms in total. The highest BCUT2D eigenvalue weighted by atomic mass is 28.4. The number of rotatable bonds is 2. The molecule has 1 N–H and O–H groups in total. The number of benzene rings is 1. The van der Waals surface area contributed by atoms with Gasteiger partial charge in [0.1, 0.15) is 5.75 Å². The Morgan fingerprint density at radius 2 is 2.00 bits per heavy atom. The van der Waals surface area contributed by atoms with Gasteiger partial charge in [-0.25, -0.2) is 0 Å². The van der Waals surface area contributed by atoms with Crippen LogP contribution in [0.4, 0.5) is 5.69 Å². The highest BCUT2D eigenvalue weighted by Crippen LogP contribution is 2.27. The minimum absolute atomic E-state index is 1.04. The van der Waals surface area contributed by atoms with E-state index in [2.05, 4.69) is 43.2 Å². The summed E-state index contributed by atoms with van der Waals surface area (Å²) in [5.74, 6) is 1.04. The van der Waals surface area contributed by atoms with Crippen molar-refractivity contribution in [1.29, 1.82) is 0 Å². The molecular formula is C13H21NOSi. The molecule has 0 aliphatic carbocycles. The summed E-state index contributed by atoms with van der Waals surface area (Å²) < 4.78 is 6.02. The summed E-state index contributed by atoms with van der Waals surface area (Å²) in [6.07, 6.45) is 3.71. The lowest BCUT2D eigenvalue weighted by Crippen LogP contribution is -2.29. The van der Waals surface area contributed by atoms with Gasteiger partial charge in [-0.1, -0.05) is 0 Å². The molecule has 1 heterocycles. The lowest BCUT2D eigenvalue weighted by Gasteiger charge is -2.20. The summed E-state index contributed by atoms with van der Waals surface area (Å²) in [5.41, 5.74) is 2.70. The van der Waals surface area contributed by atoms with Crippen molar-refractivity contribution in [3.63, 3.8) is 0 Å². The van der Waals surface area contributed by atoms with Crippen molar-refractivity contribution in [2.45, 2.75) is 38.9 Å². The van der Waals surface area contributed by atoms with Crippen molar-refractivity contribution >= 4 is 14.0 Å². The molecule has 1 aromatic carbocycles. The van der Waals surface area contributed by atoms with Crippen LogP contribution in [-0.2, 0) is 6.42 Å². The molecule has 0 amide bonds. The van der Waals surface area contributed by atoms with Crippen LogP contribution in [0.3, 0.4) is 0 Å². The molecule has 0 aromatic heterocycles. The topological polar surface area (TPSA) is 21.3 Å². The first-order valence-electron chi connectivity index (χ1n) is 6.10. The molecule has 0 radical (unpaired) electrons. The van der Waals surface area contributed by atoms with Crippen LogP contribution in [0.15, 0.2) is 18.2 Å². The third-order valence-electron chi connectivity index (χ3n) is 2.69. The van der Waals surface area contributed by atoms with Crippen molar-refractivity contribution in [3.05, 3.63) is 23.8 Å². The van der Waals surface area contributed by atoms with E-state index in [9.17, 15) is 0 Å². The maximum absolute atomic E-state index is 6.02. The Balaban J connectivity index is 2.21. The molecule has 0 saturated carbocycles. The minimum atomic E-state index is -1.48. The standard InChI is InChI=1S/C13H21NOSi/c1-16(2,3)15-12-7-8-13-11(10-12)6-4-5-9-14-13/h7-8,10,14H,4-6,9H2,1-3H3. The maximum Gasteiger partial charge on any atom is 0.242 e.